The van der Waals surface area contributed by atoms with Gasteiger partial charge in [0, 0.05) is 49.8 Å². The van der Waals surface area contributed by atoms with Crippen molar-refractivity contribution in [1.29, 1.82) is 0 Å². The topological polar surface area (TPSA) is 38.7 Å². The van der Waals surface area contributed by atoms with Crippen LogP contribution in [0, 0.1) is 0 Å². The minimum absolute atomic E-state index is 0.0350. The molecular weight excluding hydrogens is 262 g/mol. The normalized spacial score (nSPS) is 33.7. The zero-order valence-corrected chi connectivity index (χ0v) is 14.4. The summed E-state index contributed by atoms with van der Waals surface area (Å²) in [5, 5.41) is 13.5. The van der Waals surface area contributed by atoms with E-state index in [1.165, 1.54) is 39.0 Å². The summed E-state index contributed by atoms with van der Waals surface area (Å²) < 4.78 is 0. The molecule has 4 nitrogen and oxygen atoms in total. The molecule has 2 rings (SSSR count). The highest BCUT2D eigenvalue weighted by Gasteiger charge is 2.41. The van der Waals surface area contributed by atoms with Gasteiger partial charge in [0.25, 0.3) is 0 Å². The van der Waals surface area contributed by atoms with Crippen molar-refractivity contribution < 1.29 is 5.11 Å². The molecule has 124 valence electrons. The van der Waals surface area contributed by atoms with Gasteiger partial charge in [0.15, 0.2) is 0 Å². The molecule has 2 fully saturated rings. The Morgan fingerprint density at radius 2 is 1.86 bits per heavy atom. The van der Waals surface area contributed by atoms with Gasteiger partial charge in [0.2, 0.25) is 0 Å². The number of nitrogens with one attached hydrogen (secondary N) is 1. The summed E-state index contributed by atoms with van der Waals surface area (Å²) in [6.07, 6.45) is 4.68. The molecule has 0 aromatic heterocycles. The monoisotopic (exact) mass is 297 g/mol. The van der Waals surface area contributed by atoms with Crippen molar-refractivity contribution in [2.75, 3.05) is 32.8 Å². The van der Waals surface area contributed by atoms with Crippen LogP contribution in [-0.4, -0.2) is 71.4 Å². The first-order valence-corrected chi connectivity index (χ1v) is 8.86. The van der Waals surface area contributed by atoms with E-state index in [4.69, 9.17) is 0 Å². The Morgan fingerprint density at radius 3 is 2.38 bits per heavy atom. The van der Waals surface area contributed by atoms with Gasteiger partial charge < -0.3 is 10.4 Å². The third kappa shape index (κ3) is 4.19. The van der Waals surface area contributed by atoms with Crippen LogP contribution in [0.15, 0.2) is 0 Å². The standard InChI is InChI=1S/C17H35N3O/c1-5-15(4)19-8-10-20(11-9-19)16-6-7-17(12-16,13-21)18-14(2)3/h14-16,18,21H,5-13H2,1-4H3. The lowest BCUT2D eigenvalue weighted by Gasteiger charge is -2.41. The first-order valence-electron chi connectivity index (χ1n) is 8.86. The molecule has 1 heterocycles. The Kier molecular flexibility index (Phi) is 6.06. The molecule has 3 unspecified atom stereocenters. The number of piperazine rings is 1. The molecule has 0 amide bonds. The Morgan fingerprint density at radius 1 is 1.19 bits per heavy atom. The molecule has 3 atom stereocenters. The van der Waals surface area contributed by atoms with Crippen LogP contribution in [0.5, 0.6) is 0 Å². The van der Waals surface area contributed by atoms with Gasteiger partial charge in [0.05, 0.1) is 6.61 Å². The van der Waals surface area contributed by atoms with Crippen molar-refractivity contribution >= 4 is 0 Å². The molecule has 1 saturated carbocycles. The Bertz CT molecular complexity index is 315. The van der Waals surface area contributed by atoms with E-state index in [2.05, 4.69) is 42.8 Å². The summed E-state index contributed by atoms with van der Waals surface area (Å²) in [6, 6.07) is 1.82. The second-order valence-electron chi connectivity index (χ2n) is 7.46. The number of rotatable bonds is 6. The summed E-state index contributed by atoms with van der Waals surface area (Å²) in [5.41, 5.74) is -0.0350. The van der Waals surface area contributed by atoms with E-state index in [1.54, 1.807) is 0 Å². The van der Waals surface area contributed by atoms with Crippen molar-refractivity contribution in [1.82, 2.24) is 15.1 Å². The van der Waals surface area contributed by atoms with Gasteiger partial charge in [-0.25, -0.2) is 0 Å². The first-order chi connectivity index (χ1) is 9.99. The van der Waals surface area contributed by atoms with Crippen LogP contribution >= 0.6 is 0 Å². The minimum atomic E-state index is -0.0350. The van der Waals surface area contributed by atoms with Gasteiger partial charge in [-0.05, 0) is 32.6 Å². The molecule has 1 aliphatic heterocycles. The predicted molar refractivity (Wildman–Crippen MR) is 88.6 cm³/mol. The van der Waals surface area contributed by atoms with Gasteiger partial charge in [0.1, 0.15) is 0 Å². The van der Waals surface area contributed by atoms with Crippen molar-refractivity contribution in [3.05, 3.63) is 0 Å². The SMILES string of the molecule is CCC(C)N1CCN(C2CCC(CO)(NC(C)C)C2)CC1. The second kappa shape index (κ2) is 7.40. The third-order valence-electron chi connectivity index (χ3n) is 5.56. The fraction of sp³-hybridized carbons (Fsp3) is 1.00. The van der Waals surface area contributed by atoms with Crippen molar-refractivity contribution in [2.45, 2.75) is 77.0 Å². The van der Waals surface area contributed by atoms with E-state index < -0.39 is 0 Å². The molecule has 2 aliphatic rings. The van der Waals surface area contributed by atoms with E-state index in [0.29, 0.717) is 12.1 Å². The summed E-state index contributed by atoms with van der Waals surface area (Å²) in [5.74, 6) is 0. The zero-order chi connectivity index (χ0) is 15.5. The maximum atomic E-state index is 9.84. The van der Waals surface area contributed by atoms with E-state index in [0.717, 1.165) is 18.9 Å². The fourth-order valence-corrected chi connectivity index (χ4v) is 4.14. The van der Waals surface area contributed by atoms with Crippen LogP contribution in [0.1, 0.15) is 53.4 Å². The molecule has 0 aromatic rings. The first kappa shape index (κ1) is 17.2. The largest absolute Gasteiger partial charge is 0.394 e. The molecule has 1 aliphatic carbocycles. The molecule has 2 N–H and O–H groups in total. The van der Waals surface area contributed by atoms with Crippen molar-refractivity contribution in [3.8, 4) is 0 Å². The minimum Gasteiger partial charge on any atom is -0.394 e. The Labute approximate surface area is 130 Å². The Hall–Kier alpha value is -0.160. The second-order valence-corrected chi connectivity index (χ2v) is 7.46. The number of aliphatic hydroxyl groups is 1. The van der Waals surface area contributed by atoms with Crippen LogP contribution < -0.4 is 5.32 Å². The molecule has 1 saturated heterocycles. The van der Waals surface area contributed by atoms with Gasteiger partial charge in [-0.15, -0.1) is 0 Å². The number of hydrogen-bond acceptors (Lipinski definition) is 4. The summed E-state index contributed by atoms with van der Waals surface area (Å²) in [4.78, 5) is 5.29. The molecular formula is C17H35N3O. The van der Waals surface area contributed by atoms with E-state index in [1.807, 2.05) is 0 Å². The van der Waals surface area contributed by atoms with E-state index in [9.17, 15) is 5.11 Å². The smallest absolute Gasteiger partial charge is 0.0614 e. The Balaban J connectivity index is 1.85. The highest BCUT2D eigenvalue weighted by molar-refractivity contribution is 5.00. The lowest BCUT2D eigenvalue weighted by atomic mass is 9.97. The number of nitrogens with zero attached hydrogens (tertiary/aromatic N) is 2. The van der Waals surface area contributed by atoms with Crippen LogP contribution in [0.4, 0.5) is 0 Å². The van der Waals surface area contributed by atoms with E-state index in [-0.39, 0.29) is 12.1 Å². The lowest BCUT2D eigenvalue weighted by molar-refractivity contribution is 0.0673. The molecule has 0 bridgehead atoms. The number of aliphatic hydroxyl groups excluding tert-OH is 1. The third-order valence-corrected chi connectivity index (χ3v) is 5.56. The molecule has 21 heavy (non-hydrogen) atoms. The van der Waals surface area contributed by atoms with Gasteiger partial charge in [-0.3, -0.25) is 9.80 Å². The fourth-order valence-electron chi connectivity index (χ4n) is 4.14. The average Bonchev–Trinajstić information content (AvgIpc) is 2.90. The summed E-state index contributed by atoms with van der Waals surface area (Å²) >= 11 is 0. The van der Waals surface area contributed by atoms with Crippen LogP contribution in [0.25, 0.3) is 0 Å². The maximum Gasteiger partial charge on any atom is 0.0614 e. The van der Waals surface area contributed by atoms with Gasteiger partial charge in [-0.2, -0.15) is 0 Å². The van der Waals surface area contributed by atoms with Crippen LogP contribution in [-0.2, 0) is 0 Å². The summed E-state index contributed by atoms with van der Waals surface area (Å²) in [6.45, 7) is 14.0. The van der Waals surface area contributed by atoms with Crippen molar-refractivity contribution in [2.24, 2.45) is 0 Å². The zero-order valence-electron chi connectivity index (χ0n) is 14.4. The predicted octanol–water partition coefficient (Wildman–Crippen LogP) is 1.68. The lowest BCUT2D eigenvalue weighted by Crippen LogP contribution is -2.54. The molecule has 0 aromatic carbocycles. The highest BCUT2D eigenvalue weighted by Crippen LogP contribution is 2.34. The highest BCUT2D eigenvalue weighted by atomic mass is 16.3. The molecule has 0 spiro atoms. The maximum absolute atomic E-state index is 9.84. The average molecular weight is 297 g/mol. The van der Waals surface area contributed by atoms with Crippen LogP contribution in [0.2, 0.25) is 0 Å². The number of hydrogen-bond donors (Lipinski definition) is 2. The van der Waals surface area contributed by atoms with Crippen molar-refractivity contribution in [3.63, 3.8) is 0 Å². The molecule has 4 heteroatoms. The molecule has 0 radical (unpaired) electrons. The van der Waals surface area contributed by atoms with Gasteiger partial charge in [-0.1, -0.05) is 20.8 Å². The van der Waals surface area contributed by atoms with E-state index >= 15 is 0 Å². The quantitative estimate of drug-likeness (QED) is 0.782. The van der Waals surface area contributed by atoms with Crippen LogP contribution in [0.3, 0.4) is 0 Å². The summed E-state index contributed by atoms with van der Waals surface area (Å²) in [7, 11) is 0. The van der Waals surface area contributed by atoms with Gasteiger partial charge >= 0.3 is 0 Å².